The van der Waals surface area contributed by atoms with Crippen molar-refractivity contribution in [3.05, 3.63) is 12.4 Å². The van der Waals surface area contributed by atoms with E-state index in [0.29, 0.717) is 18.9 Å². The van der Waals surface area contributed by atoms with Crippen LogP contribution in [0.4, 0.5) is 0 Å². The van der Waals surface area contributed by atoms with Crippen molar-refractivity contribution in [2.75, 3.05) is 19.6 Å². The van der Waals surface area contributed by atoms with Crippen LogP contribution in [0.1, 0.15) is 19.3 Å². The van der Waals surface area contributed by atoms with Crippen LogP contribution in [-0.2, 0) is 11.3 Å². The van der Waals surface area contributed by atoms with Crippen molar-refractivity contribution in [3.63, 3.8) is 0 Å². The number of nitrogens with zero attached hydrogens (tertiary/aromatic N) is 3. The van der Waals surface area contributed by atoms with Crippen LogP contribution in [0.2, 0.25) is 0 Å². The molecule has 6 heteroatoms. The Kier molecular flexibility index (Phi) is 4.49. The maximum atomic E-state index is 11.6. The molecule has 0 spiro atoms. The predicted molar refractivity (Wildman–Crippen MR) is 63.2 cm³/mol. The topological polar surface area (TPSA) is 71.8 Å². The highest BCUT2D eigenvalue weighted by Crippen LogP contribution is 2.11. The molecule has 17 heavy (non-hydrogen) atoms. The number of carbonyl (C=O) groups is 1. The van der Waals surface area contributed by atoms with Crippen LogP contribution in [0.15, 0.2) is 12.4 Å². The average molecular weight is 237 g/mol. The van der Waals surface area contributed by atoms with E-state index in [0.717, 1.165) is 32.5 Å². The molecule has 2 N–H and O–H groups in total. The summed E-state index contributed by atoms with van der Waals surface area (Å²) >= 11 is 0. The Morgan fingerprint density at radius 2 is 2.53 bits per heavy atom. The third kappa shape index (κ3) is 4.14. The van der Waals surface area contributed by atoms with Crippen LogP contribution in [0.5, 0.6) is 0 Å². The molecule has 0 saturated carbocycles. The van der Waals surface area contributed by atoms with Crippen molar-refractivity contribution >= 4 is 5.91 Å². The molecule has 1 unspecified atom stereocenters. The minimum absolute atomic E-state index is 0.164. The van der Waals surface area contributed by atoms with Crippen LogP contribution in [0, 0.1) is 5.92 Å². The molecule has 94 valence electrons. The lowest BCUT2D eigenvalue weighted by Gasteiger charge is -2.08. The lowest BCUT2D eigenvalue weighted by atomic mass is 10.0. The van der Waals surface area contributed by atoms with Crippen LogP contribution < -0.4 is 10.6 Å². The highest BCUT2D eigenvalue weighted by Gasteiger charge is 2.17. The molecule has 1 amide bonds. The first-order chi connectivity index (χ1) is 8.34. The molecule has 6 nitrogen and oxygen atoms in total. The van der Waals surface area contributed by atoms with Gasteiger partial charge in [-0.15, -0.1) is 5.10 Å². The third-order valence-corrected chi connectivity index (χ3v) is 2.99. The molecule has 1 aromatic rings. The summed E-state index contributed by atoms with van der Waals surface area (Å²) < 4.78 is 1.77. The quantitative estimate of drug-likeness (QED) is 0.671. The molecule has 1 aliphatic rings. The van der Waals surface area contributed by atoms with Crippen LogP contribution >= 0.6 is 0 Å². The van der Waals surface area contributed by atoms with Crippen molar-refractivity contribution in [1.29, 1.82) is 0 Å². The number of amides is 1. The molecular formula is C11H19N5O. The van der Waals surface area contributed by atoms with Gasteiger partial charge >= 0.3 is 0 Å². The molecule has 0 radical (unpaired) electrons. The van der Waals surface area contributed by atoms with E-state index in [1.807, 2.05) is 6.20 Å². The first-order valence-electron chi connectivity index (χ1n) is 6.16. The fourth-order valence-electron chi connectivity index (χ4n) is 2.04. The molecule has 1 saturated heterocycles. The van der Waals surface area contributed by atoms with Gasteiger partial charge in [0.2, 0.25) is 5.91 Å². The summed E-state index contributed by atoms with van der Waals surface area (Å²) in [6.45, 7) is 3.53. The molecule has 1 atom stereocenters. The number of nitrogens with one attached hydrogen (secondary N) is 2. The molecule has 1 aromatic heterocycles. The van der Waals surface area contributed by atoms with E-state index >= 15 is 0 Å². The monoisotopic (exact) mass is 237 g/mol. The Morgan fingerprint density at radius 3 is 3.24 bits per heavy atom. The minimum Gasteiger partial charge on any atom is -0.356 e. The number of aromatic nitrogens is 3. The highest BCUT2D eigenvalue weighted by atomic mass is 16.1. The SMILES string of the molecule is O=C(CC1CCNC1)NCCCn1ccnn1. The Labute approximate surface area is 101 Å². The van der Waals surface area contributed by atoms with Gasteiger partial charge in [-0.05, 0) is 31.8 Å². The summed E-state index contributed by atoms with van der Waals surface area (Å²) in [7, 11) is 0. The van der Waals surface area contributed by atoms with Gasteiger partial charge in [-0.2, -0.15) is 0 Å². The van der Waals surface area contributed by atoms with Gasteiger partial charge in [-0.3, -0.25) is 9.48 Å². The van der Waals surface area contributed by atoms with Gasteiger partial charge in [-0.1, -0.05) is 5.21 Å². The van der Waals surface area contributed by atoms with Crippen LogP contribution in [0.3, 0.4) is 0 Å². The highest BCUT2D eigenvalue weighted by molar-refractivity contribution is 5.76. The van der Waals surface area contributed by atoms with Crippen molar-refractivity contribution in [1.82, 2.24) is 25.6 Å². The Balaban J connectivity index is 1.53. The second-order valence-electron chi connectivity index (χ2n) is 4.43. The summed E-state index contributed by atoms with van der Waals surface area (Å²) in [5, 5.41) is 13.8. The standard InChI is InChI=1S/C11H19N5O/c17-11(8-10-2-4-12-9-10)13-3-1-6-16-7-5-14-15-16/h5,7,10,12H,1-4,6,8-9H2,(H,13,17). The first-order valence-corrected chi connectivity index (χ1v) is 6.16. The molecular weight excluding hydrogens is 218 g/mol. The maximum Gasteiger partial charge on any atom is 0.220 e. The lowest BCUT2D eigenvalue weighted by molar-refractivity contribution is -0.121. The van der Waals surface area contributed by atoms with Gasteiger partial charge in [0.1, 0.15) is 0 Å². The van der Waals surface area contributed by atoms with E-state index in [2.05, 4.69) is 20.9 Å². The van der Waals surface area contributed by atoms with E-state index in [1.165, 1.54) is 0 Å². The van der Waals surface area contributed by atoms with Gasteiger partial charge in [0, 0.05) is 25.7 Å². The number of hydrogen-bond acceptors (Lipinski definition) is 4. The lowest BCUT2D eigenvalue weighted by Crippen LogP contribution is -2.27. The summed E-state index contributed by atoms with van der Waals surface area (Å²) in [5.41, 5.74) is 0. The molecule has 2 heterocycles. The average Bonchev–Trinajstić information content (AvgIpc) is 2.96. The number of rotatable bonds is 6. The van der Waals surface area contributed by atoms with Crippen molar-refractivity contribution in [2.45, 2.75) is 25.8 Å². The Bertz CT molecular complexity index is 332. The molecule has 2 rings (SSSR count). The fourth-order valence-corrected chi connectivity index (χ4v) is 2.04. The second kappa shape index (κ2) is 6.34. The minimum atomic E-state index is 0.164. The summed E-state index contributed by atoms with van der Waals surface area (Å²) in [6, 6.07) is 0. The van der Waals surface area contributed by atoms with Crippen molar-refractivity contribution in [2.24, 2.45) is 5.92 Å². The number of carbonyl (C=O) groups excluding carboxylic acids is 1. The maximum absolute atomic E-state index is 11.6. The Morgan fingerprint density at radius 1 is 1.59 bits per heavy atom. The summed E-state index contributed by atoms with van der Waals surface area (Å²) in [6.07, 6.45) is 6.14. The normalized spacial score (nSPS) is 19.4. The molecule has 1 fully saturated rings. The van der Waals surface area contributed by atoms with E-state index in [4.69, 9.17) is 0 Å². The second-order valence-corrected chi connectivity index (χ2v) is 4.43. The summed E-state index contributed by atoms with van der Waals surface area (Å²) in [5.74, 6) is 0.683. The zero-order valence-corrected chi connectivity index (χ0v) is 9.93. The molecule has 0 aromatic carbocycles. The predicted octanol–water partition coefficient (Wildman–Crippen LogP) is -0.216. The van der Waals surface area contributed by atoms with Gasteiger partial charge in [0.05, 0.1) is 6.20 Å². The van der Waals surface area contributed by atoms with Crippen LogP contribution in [0.25, 0.3) is 0 Å². The fraction of sp³-hybridized carbons (Fsp3) is 0.727. The van der Waals surface area contributed by atoms with Gasteiger partial charge < -0.3 is 10.6 Å². The largest absolute Gasteiger partial charge is 0.356 e. The molecule has 0 aliphatic carbocycles. The molecule has 0 bridgehead atoms. The van der Waals surface area contributed by atoms with Crippen molar-refractivity contribution < 1.29 is 4.79 Å². The zero-order chi connectivity index (χ0) is 11.9. The van der Waals surface area contributed by atoms with Gasteiger partial charge in [0.25, 0.3) is 0 Å². The smallest absolute Gasteiger partial charge is 0.220 e. The first kappa shape index (κ1) is 12.0. The van der Waals surface area contributed by atoms with E-state index in [-0.39, 0.29) is 5.91 Å². The van der Waals surface area contributed by atoms with E-state index in [9.17, 15) is 4.79 Å². The zero-order valence-electron chi connectivity index (χ0n) is 9.93. The van der Waals surface area contributed by atoms with E-state index < -0.39 is 0 Å². The Hall–Kier alpha value is -1.43. The van der Waals surface area contributed by atoms with Crippen LogP contribution in [-0.4, -0.2) is 40.5 Å². The third-order valence-electron chi connectivity index (χ3n) is 2.99. The summed E-state index contributed by atoms with van der Waals surface area (Å²) in [4.78, 5) is 11.6. The van der Waals surface area contributed by atoms with Gasteiger partial charge in [-0.25, -0.2) is 0 Å². The van der Waals surface area contributed by atoms with E-state index in [1.54, 1.807) is 10.9 Å². The number of aryl methyl sites for hydroxylation is 1. The number of hydrogen-bond donors (Lipinski definition) is 2. The van der Waals surface area contributed by atoms with Crippen molar-refractivity contribution in [3.8, 4) is 0 Å². The van der Waals surface area contributed by atoms with Gasteiger partial charge in [0.15, 0.2) is 0 Å². The molecule has 1 aliphatic heterocycles.